The van der Waals surface area contributed by atoms with Crippen LogP contribution in [0.5, 0.6) is 0 Å². The standard InChI is InChI=1S/C10H10N6OS/c1-6-12-7(4-18-6)3-16-5-11-9-8(10(16)17)13-14-15(9)2/h4-5H,3H2,1-2H3. The molecule has 7 nitrogen and oxygen atoms in total. The van der Waals surface area contributed by atoms with Gasteiger partial charge in [0.05, 0.1) is 17.2 Å². The van der Waals surface area contributed by atoms with Crippen LogP contribution in [0, 0.1) is 6.92 Å². The largest absolute Gasteiger partial charge is 0.291 e. The van der Waals surface area contributed by atoms with E-state index in [1.807, 2.05) is 12.3 Å². The highest BCUT2D eigenvalue weighted by Gasteiger charge is 2.10. The summed E-state index contributed by atoms with van der Waals surface area (Å²) in [4.78, 5) is 20.6. The van der Waals surface area contributed by atoms with E-state index in [2.05, 4.69) is 20.3 Å². The predicted octanol–water partition coefficient (Wildman–Crippen LogP) is 0.338. The SMILES string of the molecule is Cc1nc(Cn2cnc3c(nnn3C)c2=O)cs1. The Morgan fingerprint density at radius 3 is 3.00 bits per heavy atom. The second-order valence-electron chi connectivity index (χ2n) is 3.92. The highest BCUT2D eigenvalue weighted by Crippen LogP contribution is 2.09. The van der Waals surface area contributed by atoms with Gasteiger partial charge in [0, 0.05) is 12.4 Å². The minimum absolute atomic E-state index is 0.196. The summed E-state index contributed by atoms with van der Waals surface area (Å²) < 4.78 is 2.97. The van der Waals surface area contributed by atoms with Crippen molar-refractivity contribution >= 4 is 22.5 Å². The Hall–Kier alpha value is -2.09. The van der Waals surface area contributed by atoms with Gasteiger partial charge in [0.2, 0.25) is 0 Å². The fourth-order valence-corrected chi connectivity index (χ4v) is 2.32. The van der Waals surface area contributed by atoms with Crippen LogP contribution < -0.4 is 5.56 Å². The maximum Gasteiger partial charge on any atom is 0.283 e. The van der Waals surface area contributed by atoms with E-state index < -0.39 is 0 Å². The fraction of sp³-hybridized carbons (Fsp3) is 0.300. The van der Waals surface area contributed by atoms with E-state index in [0.717, 1.165) is 10.7 Å². The molecule has 0 fully saturated rings. The predicted molar refractivity (Wildman–Crippen MR) is 66.5 cm³/mol. The van der Waals surface area contributed by atoms with Crippen molar-refractivity contribution in [3.63, 3.8) is 0 Å². The number of thiazole rings is 1. The van der Waals surface area contributed by atoms with Gasteiger partial charge in [-0.1, -0.05) is 5.21 Å². The molecular weight excluding hydrogens is 252 g/mol. The van der Waals surface area contributed by atoms with Crippen LogP contribution in [0.15, 0.2) is 16.5 Å². The molecule has 3 rings (SSSR count). The van der Waals surface area contributed by atoms with Crippen LogP contribution in [0.4, 0.5) is 0 Å². The Bertz CT molecular complexity index is 770. The number of hydrogen-bond acceptors (Lipinski definition) is 6. The lowest BCUT2D eigenvalue weighted by Gasteiger charge is -2.01. The summed E-state index contributed by atoms with van der Waals surface area (Å²) >= 11 is 1.56. The van der Waals surface area contributed by atoms with Gasteiger partial charge in [0.15, 0.2) is 11.2 Å². The zero-order valence-corrected chi connectivity index (χ0v) is 10.7. The molecule has 92 valence electrons. The molecule has 0 aliphatic rings. The third-order valence-electron chi connectivity index (χ3n) is 2.58. The molecular formula is C10H10N6OS. The average molecular weight is 262 g/mol. The average Bonchev–Trinajstić information content (AvgIpc) is 2.91. The molecule has 0 saturated carbocycles. The lowest BCUT2D eigenvalue weighted by Crippen LogP contribution is -2.21. The van der Waals surface area contributed by atoms with Gasteiger partial charge in [-0.2, -0.15) is 0 Å². The highest BCUT2D eigenvalue weighted by molar-refractivity contribution is 7.09. The van der Waals surface area contributed by atoms with Gasteiger partial charge in [0.1, 0.15) is 6.33 Å². The van der Waals surface area contributed by atoms with Crippen molar-refractivity contribution in [2.75, 3.05) is 0 Å². The van der Waals surface area contributed by atoms with E-state index in [4.69, 9.17) is 0 Å². The van der Waals surface area contributed by atoms with Crippen molar-refractivity contribution in [2.45, 2.75) is 13.5 Å². The molecule has 0 unspecified atom stereocenters. The van der Waals surface area contributed by atoms with E-state index in [1.54, 1.807) is 18.4 Å². The molecule has 0 N–H and O–H groups in total. The minimum atomic E-state index is -0.196. The zero-order chi connectivity index (χ0) is 12.7. The molecule has 0 radical (unpaired) electrons. The Labute approximate surface area is 106 Å². The molecule has 0 atom stereocenters. The van der Waals surface area contributed by atoms with Crippen LogP contribution in [0.25, 0.3) is 11.2 Å². The van der Waals surface area contributed by atoms with E-state index in [1.165, 1.54) is 15.6 Å². The summed E-state index contributed by atoms with van der Waals surface area (Å²) in [7, 11) is 1.70. The van der Waals surface area contributed by atoms with E-state index >= 15 is 0 Å². The molecule has 18 heavy (non-hydrogen) atoms. The summed E-state index contributed by atoms with van der Waals surface area (Å²) in [6.07, 6.45) is 1.50. The van der Waals surface area contributed by atoms with Gasteiger partial charge in [-0.3, -0.25) is 9.36 Å². The van der Waals surface area contributed by atoms with Crippen LogP contribution in [-0.2, 0) is 13.6 Å². The molecule has 3 aromatic rings. The van der Waals surface area contributed by atoms with Crippen molar-refractivity contribution < 1.29 is 0 Å². The summed E-state index contributed by atoms with van der Waals surface area (Å²) in [5.41, 5.74) is 1.43. The molecule has 0 bridgehead atoms. The molecule has 0 amide bonds. The Morgan fingerprint density at radius 2 is 2.28 bits per heavy atom. The molecule has 3 aromatic heterocycles. The summed E-state index contributed by atoms with van der Waals surface area (Å²) in [6, 6.07) is 0. The van der Waals surface area contributed by atoms with Crippen LogP contribution >= 0.6 is 11.3 Å². The summed E-state index contributed by atoms with van der Waals surface area (Å²) in [5.74, 6) is 0. The van der Waals surface area contributed by atoms with Crippen molar-refractivity contribution in [1.29, 1.82) is 0 Å². The van der Waals surface area contributed by atoms with Gasteiger partial charge in [-0.05, 0) is 6.92 Å². The lowest BCUT2D eigenvalue weighted by molar-refractivity contribution is 0.720. The smallest absolute Gasteiger partial charge is 0.283 e. The van der Waals surface area contributed by atoms with Gasteiger partial charge in [-0.15, -0.1) is 16.4 Å². The molecule has 8 heteroatoms. The van der Waals surface area contributed by atoms with Gasteiger partial charge in [-0.25, -0.2) is 14.6 Å². The van der Waals surface area contributed by atoms with Crippen molar-refractivity contribution in [1.82, 2.24) is 29.5 Å². The maximum absolute atomic E-state index is 12.1. The van der Waals surface area contributed by atoms with Crippen molar-refractivity contribution in [3.05, 3.63) is 32.8 Å². The monoisotopic (exact) mass is 262 g/mol. The first-order valence-electron chi connectivity index (χ1n) is 5.31. The molecule has 0 aliphatic heterocycles. The third-order valence-corrected chi connectivity index (χ3v) is 3.40. The van der Waals surface area contributed by atoms with Gasteiger partial charge < -0.3 is 0 Å². The van der Waals surface area contributed by atoms with E-state index in [-0.39, 0.29) is 11.1 Å². The molecule has 3 heterocycles. The van der Waals surface area contributed by atoms with Crippen molar-refractivity contribution in [3.8, 4) is 0 Å². The van der Waals surface area contributed by atoms with Crippen LogP contribution in [0.1, 0.15) is 10.7 Å². The zero-order valence-electron chi connectivity index (χ0n) is 9.86. The van der Waals surface area contributed by atoms with E-state index in [9.17, 15) is 4.79 Å². The maximum atomic E-state index is 12.1. The molecule has 0 aromatic carbocycles. The highest BCUT2D eigenvalue weighted by atomic mass is 32.1. The second kappa shape index (κ2) is 3.98. The number of fused-ring (bicyclic) bond motifs is 1. The lowest BCUT2D eigenvalue weighted by atomic mass is 10.4. The van der Waals surface area contributed by atoms with E-state index in [0.29, 0.717) is 12.2 Å². The van der Waals surface area contributed by atoms with Crippen LogP contribution in [0.3, 0.4) is 0 Å². The first kappa shape index (κ1) is 11.0. The quantitative estimate of drug-likeness (QED) is 0.665. The Kier molecular flexibility index (Phi) is 2.44. The van der Waals surface area contributed by atoms with Crippen molar-refractivity contribution in [2.24, 2.45) is 7.05 Å². The first-order chi connectivity index (χ1) is 8.65. The Morgan fingerprint density at radius 1 is 1.44 bits per heavy atom. The molecule has 0 aliphatic carbocycles. The first-order valence-corrected chi connectivity index (χ1v) is 6.19. The number of aryl methyl sites for hydroxylation is 2. The van der Waals surface area contributed by atoms with Crippen LogP contribution in [-0.4, -0.2) is 29.5 Å². The fourth-order valence-electron chi connectivity index (χ4n) is 1.72. The number of hydrogen-bond donors (Lipinski definition) is 0. The molecule has 0 spiro atoms. The Balaban J connectivity index is 2.07. The number of rotatable bonds is 2. The topological polar surface area (TPSA) is 78.5 Å². The summed E-state index contributed by atoms with van der Waals surface area (Å²) in [5, 5.41) is 10.5. The third kappa shape index (κ3) is 1.70. The number of nitrogens with zero attached hydrogens (tertiary/aromatic N) is 6. The van der Waals surface area contributed by atoms with Gasteiger partial charge in [0.25, 0.3) is 5.56 Å². The number of aromatic nitrogens is 6. The normalized spacial score (nSPS) is 11.2. The minimum Gasteiger partial charge on any atom is -0.291 e. The second-order valence-corrected chi connectivity index (χ2v) is 4.98. The van der Waals surface area contributed by atoms with Gasteiger partial charge >= 0.3 is 0 Å². The molecule has 0 saturated heterocycles. The van der Waals surface area contributed by atoms with Crippen LogP contribution in [0.2, 0.25) is 0 Å². The summed E-state index contributed by atoms with van der Waals surface area (Å²) in [6.45, 7) is 2.34.